The third-order valence-corrected chi connectivity index (χ3v) is 3.80. The van der Waals surface area contributed by atoms with Crippen molar-refractivity contribution in [3.63, 3.8) is 0 Å². The Kier molecular flexibility index (Phi) is 3.96. The van der Waals surface area contributed by atoms with Gasteiger partial charge in [0.25, 0.3) is 0 Å². The first kappa shape index (κ1) is 12.3. The van der Waals surface area contributed by atoms with Crippen LogP contribution in [-0.4, -0.2) is 0 Å². The molecule has 1 aliphatic carbocycles. The molecule has 0 atom stereocenters. The molecule has 0 unspecified atom stereocenters. The first-order valence-corrected chi connectivity index (χ1v) is 5.93. The fraction of sp³-hybridized carbons (Fsp3) is 0.600. The van der Waals surface area contributed by atoms with Crippen LogP contribution >= 0.6 is 0 Å². The molecule has 0 heteroatoms. The van der Waals surface area contributed by atoms with Gasteiger partial charge < -0.3 is 0 Å². The first-order valence-electron chi connectivity index (χ1n) is 5.93. The van der Waals surface area contributed by atoms with E-state index < -0.39 is 0 Å². The molecule has 0 N–H and O–H groups in total. The van der Waals surface area contributed by atoms with Crippen LogP contribution in [0, 0.1) is 5.92 Å². The summed E-state index contributed by atoms with van der Waals surface area (Å²) in [5.74, 6) is 0.709. The van der Waals surface area contributed by atoms with Gasteiger partial charge in [-0.05, 0) is 65.5 Å². The van der Waals surface area contributed by atoms with Crippen LogP contribution in [0.5, 0.6) is 0 Å². The van der Waals surface area contributed by atoms with Gasteiger partial charge in [0.2, 0.25) is 0 Å². The largest absolute Gasteiger partial charge is 0.0859 e. The zero-order valence-electron chi connectivity index (χ0n) is 11.1. The summed E-state index contributed by atoms with van der Waals surface area (Å²) >= 11 is 0. The molecule has 0 radical (unpaired) electrons. The highest BCUT2D eigenvalue weighted by atomic mass is 14.3. The van der Waals surface area contributed by atoms with Crippen LogP contribution in [0.3, 0.4) is 0 Å². The highest BCUT2D eigenvalue weighted by Crippen LogP contribution is 2.39. The summed E-state index contributed by atoms with van der Waals surface area (Å²) in [6.07, 6.45) is 4.84. The second-order valence-electron chi connectivity index (χ2n) is 5.03. The second-order valence-corrected chi connectivity index (χ2v) is 5.03. The molecule has 0 amide bonds. The molecule has 0 saturated heterocycles. The van der Waals surface area contributed by atoms with Crippen molar-refractivity contribution in [3.8, 4) is 0 Å². The maximum Gasteiger partial charge on any atom is 0.00160 e. The lowest BCUT2D eigenvalue weighted by Gasteiger charge is -2.13. The molecule has 1 rings (SSSR count). The Labute approximate surface area is 94.8 Å². The highest BCUT2D eigenvalue weighted by Gasteiger charge is 2.23. The van der Waals surface area contributed by atoms with Crippen LogP contribution < -0.4 is 0 Å². The van der Waals surface area contributed by atoms with Crippen LogP contribution in [0.2, 0.25) is 0 Å². The van der Waals surface area contributed by atoms with E-state index in [0.717, 1.165) is 0 Å². The third-order valence-electron chi connectivity index (χ3n) is 3.80. The number of hydrogen-bond donors (Lipinski definition) is 0. The minimum Gasteiger partial charge on any atom is -0.0859 e. The Hall–Kier alpha value is -0.780. The van der Waals surface area contributed by atoms with Crippen molar-refractivity contribution in [3.05, 3.63) is 33.9 Å². The molecular formula is C15H24. The summed E-state index contributed by atoms with van der Waals surface area (Å²) in [6.45, 7) is 13.5. The van der Waals surface area contributed by atoms with E-state index in [0.29, 0.717) is 5.92 Å². The maximum absolute atomic E-state index is 2.35. The number of rotatable bonds is 3. The van der Waals surface area contributed by atoms with Gasteiger partial charge in [0.1, 0.15) is 0 Å². The average molecular weight is 204 g/mol. The molecule has 0 bridgehead atoms. The minimum absolute atomic E-state index is 0.709. The van der Waals surface area contributed by atoms with Gasteiger partial charge in [-0.3, -0.25) is 0 Å². The van der Waals surface area contributed by atoms with E-state index in [1.165, 1.54) is 29.6 Å². The van der Waals surface area contributed by atoms with Crippen molar-refractivity contribution < 1.29 is 0 Å². The lowest BCUT2D eigenvalue weighted by Crippen LogP contribution is -2.00. The van der Waals surface area contributed by atoms with Crippen LogP contribution in [0.4, 0.5) is 0 Å². The van der Waals surface area contributed by atoms with Gasteiger partial charge >= 0.3 is 0 Å². The monoisotopic (exact) mass is 204 g/mol. The predicted molar refractivity (Wildman–Crippen MR) is 68.9 cm³/mol. The van der Waals surface area contributed by atoms with Gasteiger partial charge in [0, 0.05) is 5.92 Å². The predicted octanol–water partition coefficient (Wildman–Crippen LogP) is 5.04. The van der Waals surface area contributed by atoms with E-state index >= 15 is 0 Å². The molecule has 0 nitrogen and oxygen atoms in total. The van der Waals surface area contributed by atoms with Crippen LogP contribution in [0.1, 0.15) is 54.4 Å². The summed E-state index contributed by atoms with van der Waals surface area (Å²) in [7, 11) is 0. The topological polar surface area (TPSA) is 0 Å². The molecule has 1 aliphatic rings. The molecule has 0 saturated carbocycles. The zero-order chi connectivity index (χ0) is 11.6. The molecule has 0 aromatic carbocycles. The van der Waals surface area contributed by atoms with Crippen LogP contribution in [0.15, 0.2) is 33.9 Å². The van der Waals surface area contributed by atoms with Crippen LogP contribution in [0.25, 0.3) is 0 Å². The van der Waals surface area contributed by atoms with E-state index in [1.54, 1.807) is 11.1 Å². The van der Waals surface area contributed by atoms with Gasteiger partial charge in [0.05, 0.1) is 0 Å². The smallest absolute Gasteiger partial charge is 0.00160 e. The Morgan fingerprint density at radius 1 is 1.00 bits per heavy atom. The SMILES string of the molecule is CC(C)=CCCC1C(C)=C(C)C(C)=C1C. The number of allylic oxidation sites excluding steroid dienone is 6. The van der Waals surface area contributed by atoms with Gasteiger partial charge in [-0.15, -0.1) is 0 Å². The lowest BCUT2D eigenvalue weighted by atomic mass is 9.91. The Balaban J connectivity index is 2.69. The molecule has 0 aliphatic heterocycles. The fourth-order valence-corrected chi connectivity index (χ4v) is 2.41. The van der Waals surface area contributed by atoms with Crippen molar-refractivity contribution in [2.45, 2.75) is 54.4 Å². The summed E-state index contributed by atoms with van der Waals surface area (Å²) < 4.78 is 0. The minimum atomic E-state index is 0.709. The van der Waals surface area contributed by atoms with E-state index in [-0.39, 0.29) is 0 Å². The van der Waals surface area contributed by atoms with E-state index in [2.05, 4.69) is 47.6 Å². The van der Waals surface area contributed by atoms with E-state index in [1.807, 2.05) is 0 Å². The zero-order valence-corrected chi connectivity index (χ0v) is 11.1. The van der Waals surface area contributed by atoms with Gasteiger partial charge in [-0.2, -0.15) is 0 Å². The van der Waals surface area contributed by atoms with Crippen molar-refractivity contribution in [1.82, 2.24) is 0 Å². The fourth-order valence-electron chi connectivity index (χ4n) is 2.41. The molecule has 0 aromatic heterocycles. The molecule has 0 fully saturated rings. The summed E-state index contributed by atoms with van der Waals surface area (Å²) in [4.78, 5) is 0. The molecule has 0 aromatic rings. The van der Waals surface area contributed by atoms with Gasteiger partial charge in [-0.25, -0.2) is 0 Å². The summed E-state index contributed by atoms with van der Waals surface area (Å²) in [6, 6.07) is 0. The van der Waals surface area contributed by atoms with E-state index in [4.69, 9.17) is 0 Å². The molecular weight excluding hydrogens is 180 g/mol. The van der Waals surface area contributed by atoms with Gasteiger partial charge in [0.15, 0.2) is 0 Å². The van der Waals surface area contributed by atoms with E-state index in [9.17, 15) is 0 Å². The second kappa shape index (κ2) is 4.83. The molecule has 0 spiro atoms. The highest BCUT2D eigenvalue weighted by molar-refractivity contribution is 5.46. The molecule has 15 heavy (non-hydrogen) atoms. The normalized spacial score (nSPS) is 17.7. The quantitative estimate of drug-likeness (QED) is 0.565. The molecule has 84 valence electrons. The average Bonchev–Trinajstić information content (AvgIpc) is 2.34. The summed E-state index contributed by atoms with van der Waals surface area (Å²) in [5.41, 5.74) is 7.66. The lowest BCUT2D eigenvalue weighted by molar-refractivity contribution is 0.654. The Bertz CT molecular complexity index is 309. The van der Waals surface area contributed by atoms with Crippen molar-refractivity contribution in [2.24, 2.45) is 5.92 Å². The third kappa shape index (κ3) is 2.62. The maximum atomic E-state index is 2.35. The Morgan fingerprint density at radius 2 is 1.47 bits per heavy atom. The first-order chi connectivity index (χ1) is 6.95. The molecule has 0 heterocycles. The standard InChI is InChI=1S/C15H24/c1-10(2)8-7-9-15-13(5)11(3)12(4)14(15)6/h8,15H,7,9H2,1-6H3. The van der Waals surface area contributed by atoms with Crippen molar-refractivity contribution >= 4 is 0 Å². The van der Waals surface area contributed by atoms with Gasteiger partial charge in [-0.1, -0.05) is 22.8 Å². The number of hydrogen-bond acceptors (Lipinski definition) is 0. The van der Waals surface area contributed by atoms with Crippen molar-refractivity contribution in [1.29, 1.82) is 0 Å². The van der Waals surface area contributed by atoms with Crippen LogP contribution in [-0.2, 0) is 0 Å². The Morgan fingerprint density at radius 3 is 1.87 bits per heavy atom. The summed E-state index contributed by atoms with van der Waals surface area (Å²) in [5, 5.41) is 0. The van der Waals surface area contributed by atoms with Crippen molar-refractivity contribution in [2.75, 3.05) is 0 Å².